The van der Waals surface area contributed by atoms with Gasteiger partial charge in [0.1, 0.15) is 0 Å². The number of hydrogen-bond donors (Lipinski definition) is 1. The van der Waals surface area contributed by atoms with Gasteiger partial charge in [-0.15, -0.1) is 11.3 Å². The van der Waals surface area contributed by atoms with Crippen molar-refractivity contribution in [2.45, 2.75) is 26.3 Å². The molecule has 1 atom stereocenters. The number of rotatable bonds is 5. The molecule has 0 saturated carbocycles. The summed E-state index contributed by atoms with van der Waals surface area (Å²) < 4.78 is 2.26. The van der Waals surface area contributed by atoms with E-state index in [0.717, 1.165) is 26.8 Å². The first-order valence-corrected chi connectivity index (χ1v) is 7.30. The van der Waals surface area contributed by atoms with Crippen LogP contribution in [0.4, 0.5) is 0 Å². The molecule has 1 aromatic rings. The standard InChI is InChI=1S/C11H15Br2NS/c1-4-5-14-10(7(2)3)9-6-8(12)11(13)15-9/h6,10,14H,2,4-5H2,1,3H3. The Morgan fingerprint density at radius 3 is 2.67 bits per heavy atom. The Morgan fingerprint density at radius 2 is 2.27 bits per heavy atom. The normalized spacial score (nSPS) is 12.8. The third-order valence-electron chi connectivity index (χ3n) is 2.04. The molecule has 0 aliphatic carbocycles. The Labute approximate surface area is 112 Å². The van der Waals surface area contributed by atoms with Gasteiger partial charge in [-0.25, -0.2) is 0 Å². The van der Waals surface area contributed by atoms with E-state index in [1.54, 1.807) is 11.3 Å². The summed E-state index contributed by atoms with van der Waals surface area (Å²) in [4.78, 5) is 1.30. The van der Waals surface area contributed by atoms with E-state index in [1.807, 2.05) is 0 Å². The van der Waals surface area contributed by atoms with Gasteiger partial charge in [-0.3, -0.25) is 0 Å². The van der Waals surface area contributed by atoms with Gasteiger partial charge in [0, 0.05) is 9.35 Å². The van der Waals surface area contributed by atoms with Crippen LogP contribution in [0.5, 0.6) is 0 Å². The van der Waals surface area contributed by atoms with E-state index in [0.29, 0.717) is 0 Å². The maximum Gasteiger partial charge on any atom is 0.0843 e. The van der Waals surface area contributed by atoms with Gasteiger partial charge >= 0.3 is 0 Å². The largest absolute Gasteiger partial charge is 0.306 e. The van der Waals surface area contributed by atoms with E-state index in [-0.39, 0.29) is 6.04 Å². The lowest BCUT2D eigenvalue weighted by atomic mass is 10.1. The van der Waals surface area contributed by atoms with Crippen molar-refractivity contribution in [3.05, 3.63) is 31.4 Å². The van der Waals surface area contributed by atoms with Crippen molar-refractivity contribution in [2.24, 2.45) is 0 Å². The average Bonchev–Trinajstić information content (AvgIpc) is 2.47. The molecule has 1 heterocycles. The van der Waals surface area contributed by atoms with Crippen LogP contribution in [-0.2, 0) is 0 Å². The smallest absolute Gasteiger partial charge is 0.0843 e. The summed E-state index contributed by atoms with van der Waals surface area (Å²) in [5.74, 6) is 0. The van der Waals surface area contributed by atoms with Crippen LogP contribution < -0.4 is 5.32 Å². The zero-order valence-corrected chi connectivity index (χ0v) is 12.9. The third kappa shape index (κ3) is 3.70. The Bertz CT molecular complexity index is 327. The highest BCUT2D eigenvalue weighted by molar-refractivity contribution is 9.13. The van der Waals surface area contributed by atoms with Gasteiger partial charge in [0.05, 0.1) is 9.83 Å². The van der Waals surface area contributed by atoms with E-state index >= 15 is 0 Å². The summed E-state index contributed by atoms with van der Waals surface area (Å²) in [6, 6.07) is 2.43. The highest BCUT2D eigenvalue weighted by Gasteiger charge is 2.15. The van der Waals surface area contributed by atoms with Crippen LogP contribution in [0, 0.1) is 0 Å². The van der Waals surface area contributed by atoms with Crippen LogP contribution in [0.25, 0.3) is 0 Å². The maximum atomic E-state index is 4.04. The Kier molecular flexibility index (Phi) is 5.53. The minimum atomic E-state index is 0.276. The molecule has 0 fully saturated rings. The molecular formula is C11H15Br2NS. The molecule has 0 aromatic carbocycles. The monoisotopic (exact) mass is 351 g/mol. The van der Waals surface area contributed by atoms with Crippen molar-refractivity contribution >= 4 is 43.2 Å². The molecule has 1 unspecified atom stereocenters. The summed E-state index contributed by atoms with van der Waals surface area (Å²) in [5, 5.41) is 3.49. The van der Waals surface area contributed by atoms with E-state index in [4.69, 9.17) is 0 Å². The Morgan fingerprint density at radius 1 is 1.60 bits per heavy atom. The molecular weight excluding hydrogens is 338 g/mol. The maximum absolute atomic E-state index is 4.04. The minimum absolute atomic E-state index is 0.276. The van der Waals surface area contributed by atoms with E-state index in [1.165, 1.54) is 4.88 Å². The lowest BCUT2D eigenvalue weighted by Crippen LogP contribution is -2.21. The fraction of sp³-hybridized carbons (Fsp3) is 0.455. The van der Waals surface area contributed by atoms with Crippen LogP contribution in [0.2, 0.25) is 0 Å². The quantitative estimate of drug-likeness (QED) is 0.744. The first-order valence-electron chi connectivity index (χ1n) is 4.89. The molecule has 1 nitrogen and oxygen atoms in total. The predicted octanol–water partition coefficient (Wildman–Crippen LogP) is 4.89. The zero-order valence-electron chi connectivity index (χ0n) is 8.94. The average molecular weight is 353 g/mol. The molecule has 0 aliphatic heterocycles. The molecule has 0 amide bonds. The van der Waals surface area contributed by atoms with Crippen LogP contribution in [0.15, 0.2) is 26.5 Å². The summed E-state index contributed by atoms with van der Waals surface area (Å²) in [6.07, 6.45) is 1.14. The Balaban J connectivity index is 2.84. The lowest BCUT2D eigenvalue weighted by molar-refractivity contribution is 0.598. The SMILES string of the molecule is C=C(C)C(NCCC)c1cc(Br)c(Br)s1. The number of thiophene rings is 1. The van der Waals surface area contributed by atoms with Gasteiger partial charge in [-0.05, 0) is 57.8 Å². The highest BCUT2D eigenvalue weighted by atomic mass is 79.9. The first kappa shape index (κ1) is 13.4. The van der Waals surface area contributed by atoms with Crippen LogP contribution in [-0.4, -0.2) is 6.54 Å². The number of halogens is 2. The predicted molar refractivity (Wildman–Crippen MR) is 75.6 cm³/mol. The number of nitrogens with one attached hydrogen (secondary N) is 1. The fourth-order valence-corrected chi connectivity index (χ4v) is 3.57. The molecule has 4 heteroatoms. The second-order valence-corrected chi connectivity index (χ2v) is 6.76. The van der Waals surface area contributed by atoms with Crippen LogP contribution >= 0.6 is 43.2 Å². The van der Waals surface area contributed by atoms with E-state index < -0.39 is 0 Å². The molecule has 84 valence electrons. The van der Waals surface area contributed by atoms with Gasteiger partial charge in [0.25, 0.3) is 0 Å². The Hall–Kier alpha value is 0.360. The van der Waals surface area contributed by atoms with Crippen molar-refractivity contribution in [1.29, 1.82) is 0 Å². The highest BCUT2D eigenvalue weighted by Crippen LogP contribution is 2.37. The van der Waals surface area contributed by atoms with Crippen molar-refractivity contribution in [3.8, 4) is 0 Å². The molecule has 0 aliphatic rings. The molecule has 1 rings (SSSR count). The second-order valence-electron chi connectivity index (χ2n) is 3.50. The second kappa shape index (κ2) is 6.18. The van der Waals surface area contributed by atoms with Gasteiger partial charge < -0.3 is 5.32 Å². The molecule has 0 saturated heterocycles. The molecule has 0 bridgehead atoms. The van der Waals surface area contributed by atoms with E-state index in [9.17, 15) is 0 Å². The fourth-order valence-electron chi connectivity index (χ4n) is 1.31. The van der Waals surface area contributed by atoms with Gasteiger partial charge in [0.15, 0.2) is 0 Å². The minimum Gasteiger partial charge on any atom is -0.306 e. The topological polar surface area (TPSA) is 12.0 Å². The van der Waals surface area contributed by atoms with Crippen molar-refractivity contribution in [3.63, 3.8) is 0 Å². The summed E-state index contributed by atoms with van der Waals surface area (Å²) >= 11 is 8.77. The summed E-state index contributed by atoms with van der Waals surface area (Å²) in [7, 11) is 0. The van der Waals surface area contributed by atoms with Crippen LogP contribution in [0.1, 0.15) is 31.2 Å². The molecule has 0 radical (unpaired) electrons. The molecule has 1 N–H and O–H groups in total. The van der Waals surface area contributed by atoms with Gasteiger partial charge in [-0.2, -0.15) is 0 Å². The van der Waals surface area contributed by atoms with Gasteiger partial charge in [-0.1, -0.05) is 19.1 Å². The lowest BCUT2D eigenvalue weighted by Gasteiger charge is -2.16. The molecule has 15 heavy (non-hydrogen) atoms. The zero-order chi connectivity index (χ0) is 11.4. The van der Waals surface area contributed by atoms with Crippen molar-refractivity contribution in [2.75, 3.05) is 6.54 Å². The summed E-state index contributed by atoms with van der Waals surface area (Å²) in [5.41, 5.74) is 1.16. The van der Waals surface area contributed by atoms with Crippen LogP contribution in [0.3, 0.4) is 0 Å². The van der Waals surface area contributed by atoms with Crippen molar-refractivity contribution in [1.82, 2.24) is 5.32 Å². The number of hydrogen-bond acceptors (Lipinski definition) is 2. The summed E-state index contributed by atoms with van der Waals surface area (Å²) in [6.45, 7) is 9.29. The molecule has 0 spiro atoms. The molecule has 1 aromatic heterocycles. The van der Waals surface area contributed by atoms with Gasteiger partial charge in [0.2, 0.25) is 0 Å². The third-order valence-corrected chi connectivity index (χ3v) is 5.36. The first-order chi connectivity index (χ1) is 7.06. The van der Waals surface area contributed by atoms with E-state index in [2.05, 4.69) is 63.7 Å². The van der Waals surface area contributed by atoms with Crippen molar-refractivity contribution < 1.29 is 0 Å².